The number of rotatable bonds is 3. The molecule has 0 saturated heterocycles. The molecule has 0 aromatic carbocycles. The molecule has 13 heavy (non-hydrogen) atoms. The van der Waals surface area contributed by atoms with Crippen LogP contribution in [0, 0.1) is 11.8 Å². The van der Waals surface area contributed by atoms with Gasteiger partial charge < -0.3 is 0 Å². The van der Waals surface area contributed by atoms with Crippen LogP contribution in [0.3, 0.4) is 0 Å². The molecule has 1 aliphatic heterocycles. The second-order valence-electron chi connectivity index (χ2n) is 3.91. The second-order valence-corrected chi connectivity index (χ2v) is 3.91. The van der Waals surface area contributed by atoms with E-state index in [1.165, 1.54) is 0 Å². The van der Waals surface area contributed by atoms with Gasteiger partial charge in [-0.2, -0.15) is 0 Å². The number of Topliss-reactive ketones (excluding diaryl/α,β-unsaturated/α-hetero) is 1. The van der Waals surface area contributed by atoms with E-state index in [0.29, 0.717) is 5.92 Å². The highest BCUT2D eigenvalue weighted by atomic mass is 16.1. The summed E-state index contributed by atoms with van der Waals surface area (Å²) >= 11 is 0. The first-order chi connectivity index (χ1) is 6.13. The number of hydrogen-bond donors (Lipinski definition) is 0. The van der Waals surface area contributed by atoms with Crippen molar-refractivity contribution in [3.63, 3.8) is 0 Å². The van der Waals surface area contributed by atoms with E-state index < -0.39 is 0 Å². The van der Waals surface area contributed by atoms with Crippen molar-refractivity contribution < 1.29 is 4.79 Å². The Kier molecular flexibility index (Phi) is 3.40. The molecule has 0 spiro atoms. The Balaban J connectivity index is 2.70. The number of dihydropyridines is 1. The summed E-state index contributed by atoms with van der Waals surface area (Å²) in [5.41, 5.74) is 0. The summed E-state index contributed by atoms with van der Waals surface area (Å²) in [6.45, 7) is 5.83. The standard InChI is InChI=1S/C11H17NO/c1-8(2)11(9(3)13)10-6-4-5-7-12-10/h4-5,7-8,10-11H,6H2,1-3H3/t10?,11-/m0/s1. The van der Waals surface area contributed by atoms with Gasteiger partial charge >= 0.3 is 0 Å². The van der Waals surface area contributed by atoms with Crippen LogP contribution in [0.25, 0.3) is 0 Å². The average Bonchev–Trinajstić information content (AvgIpc) is 2.04. The van der Waals surface area contributed by atoms with Gasteiger partial charge in [-0.05, 0) is 25.3 Å². The van der Waals surface area contributed by atoms with Crippen molar-refractivity contribution in [2.45, 2.75) is 33.2 Å². The smallest absolute Gasteiger partial charge is 0.135 e. The third kappa shape index (κ3) is 2.51. The van der Waals surface area contributed by atoms with E-state index in [4.69, 9.17) is 0 Å². The van der Waals surface area contributed by atoms with Crippen LogP contribution >= 0.6 is 0 Å². The Labute approximate surface area is 79.8 Å². The monoisotopic (exact) mass is 179 g/mol. The zero-order chi connectivity index (χ0) is 9.84. The summed E-state index contributed by atoms with van der Waals surface area (Å²) in [7, 11) is 0. The molecule has 0 amide bonds. The SMILES string of the molecule is CC(=O)[C@H](C(C)C)C1CC=CC=N1. The van der Waals surface area contributed by atoms with Crippen molar-refractivity contribution in [3.8, 4) is 0 Å². The lowest BCUT2D eigenvalue weighted by atomic mass is 9.83. The number of carbonyl (C=O) groups is 1. The number of carbonyl (C=O) groups excluding carboxylic acids is 1. The Morgan fingerprint density at radius 2 is 2.23 bits per heavy atom. The number of ketones is 1. The van der Waals surface area contributed by atoms with Crippen molar-refractivity contribution in [2.24, 2.45) is 16.8 Å². The molecule has 0 aromatic heterocycles. The van der Waals surface area contributed by atoms with Gasteiger partial charge in [0, 0.05) is 12.1 Å². The van der Waals surface area contributed by atoms with Crippen LogP contribution in [0.4, 0.5) is 0 Å². The van der Waals surface area contributed by atoms with Gasteiger partial charge in [0.1, 0.15) is 5.78 Å². The molecule has 72 valence electrons. The predicted octanol–water partition coefficient (Wildman–Crippen LogP) is 2.25. The molecule has 0 saturated carbocycles. The zero-order valence-electron chi connectivity index (χ0n) is 8.53. The summed E-state index contributed by atoms with van der Waals surface area (Å²) < 4.78 is 0. The summed E-state index contributed by atoms with van der Waals surface area (Å²) in [6, 6.07) is 0.169. The van der Waals surface area contributed by atoms with Gasteiger partial charge in [-0.25, -0.2) is 0 Å². The van der Waals surface area contributed by atoms with E-state index in [1.54, 1.807) is 13.1 Å². The van der Waals surface area contributed by atoms with Gasteiger partial charge in [-0.3, -0.25) is 9.79 Å². The molecule has 1 heterocycles. The molecule has 0 aromatic rings. The highest BCUT2D eigenvalue weighted by Gasteiger charge is 2.27. The molecule has 0 fully saturated rings. The fourth-order valence-corrected chi connectivity index (χ4v) is 1.92. The molecule has 1 rings (SSSR count). The van der Waals surface area contributed by atoms with Crippen LogP contribution in [0.5, 0.6) is 0 Å². The summed E-state index contributed by atoms with van der Waals surface area (Å²) in [4.78, 5) is 15.7. The van der Waals surface area contributed by atoms with E-state index in [2.05, 4.69) is 24.9 Å². The quantitative estimate of drug-likeness (QED) is 0.653. The molecule has 0 radical (unpaired) electrons. The fourth-order valence-electron chi connectivity index (χ4n) is 1.92. The summed E-state index contributed by atoms with van der Waals surface area (Å²) in [5, 5.41) is 0. The molecule has 2 nitrogen and oxygen atoms in total. The Bertz CT molecular complexity index is 240. The van der Waals surface area contributed by atoms with Gasteiger partial charge in [-0.15, -0.1) is 0 Å². The highest BCUT2D eigenvalue weighted by Crippen LogP contribution is 2.23. The molecule has 2 atom stereocenters. The number of hydrogen-bond acceptors (Lipinski definition) is 2. The second kappa shape index (κ2) is 4.35. The van der Waals surface area contributed by atoms with Crippen molar-refractivity contribution in [1.29, 1.82) is 0 Å². The predicted molar refractivity (Wildman–Crippen MR) is 55.0 cm³/mol. The van der Waals surface area contributed by atoms with Crippen LogP contribution in [-0.4, -0.2) is 18.0 Å². The maximum atomic E-state index is 11.4. The first kappa shape index (κ1) is 10.2. The minimum absolute atomic E-state index is 0.0844. The lowest BCUT2D eigenvalue weighted by Gasteiger charge is -2.25. The van der Waals surface area contributed by atoms with E-state index in [0.717, 1.165) is 6.42 Å². The molecule has 1 unspecified atom stereocenters. The normalized spacial score (nSPS) is 23.5. The van der Waals surface area contributed by atoms with E-state index >= 15 is 0 Å². The minimum atomic E-state index is 0.0844. The van der Waals surface area contributed by atoms with Crippen LogP contribution in [0.2, 0.25) is 0 Å². The van der Waals surface area contributed by atoms with Gasteiger partial charge in [-0.1, -0.05) is 19.9 Å². The zero-order valence-corrected chi connectivity index (χ0v) is 8.53. The van der Waals surface area contributed by atoms with E-state index in [1.807, 2.05) is 6.08 Å². The van der Waals surface area contributed by atoms with Crippen LogP contribution in [0.15, 0.2) is 17.1 Å². The number of allylic oxidation sites excluding steroid dienone is 1. The highest BCUT2D eigenvalue weighted by molar-refractivity contribution is 5.80. The fraction of sp³-hybridized carbons (Fsp3) is 0.636. The topological polar surface area (TPSA) is 29.4 Å². The van der Waals surface area contributed by atoms with Crippen molar-refractivity contribution >= 4 is 12.0 Å². The third-order valence-electron chi connectivity index (χ3n) is 2.48. The number of aliphatic imine (C=N–C) groups is 1. The summed E-state index contributed by atoms with van der Waals surface area (Å²) in [5.74, 6) is 0.722. The van der Waals surface area contributed by atoms with Gasteiger partial charge in [0.2, 0.25) is 0 Å². The molecule has 0 aliphatic carbocycles. The Morgan fingerprint density at radius 3 is 2.62 bits per heavy atom. The molecular formula is C11H17NO. The molecule has 2 heteroatoms. The van der Waals surface area contributed by atoms with Crippen LogP contribution in [-0.2, 0) is 4.79 Å². The summed E-state index contributed by atoms with van der Waals surface area (Å²) in [6.07, 6.45) is 6.72. The molecule has 1 aliphatic rings. The third-order valence-corrected chi connectivity index (χ3v) is 2.48. The minimum Gasteiger partial charge on any atom is -0.300 e. The van der Waals surface area contributed by atoms with Crippen molar-refractivity contribution in [2.75, 3.05) is 0 Å². The average molecular weight is 179 g/mol. The maximum Gasteiger partial charge on any atom is 0.135 e. The first-order valence-electron chi connectivity index (χ1n) is 4.81. The maximum absolute atomic E-state index is 11.4. The van der Waals surface area contributed by atoms with Crippen molar-refractivity contribution in [3.05, 3.63) is 12.2 Å². The van der Waals surface area contributed by atoms with Gasteiger partial charge in [0.25, 0.3) is 0 Å². The van der Waals surface area contributed by atoms with Crippen molar-refractivity contribution in [1.82, 2.24) is 0 Å². The molecular weight excluding hydrogens is 162 g/mol. The molecule has 0 bridgehead atoms. The van der Waals surface area contributed by atoms with E-state index in [9.17, 15) is 4.79 Å². The van der Waals surface area contributed by atoms with E-state index in [-0.39, 0.29) is 17.7 Å². The van der Waals surface area contributed by atoms with Gasteiger partial charge in [0.05, 0.1) is 6.04 Å². The first-order valence-corrected chi connectivity index (χ1v) is 4.81. The lowest BCUT2D eigenvalue weighted by Crippen LogP contribution is -2.30. The van der Waals surface area contributed by atoms with Crippen LogP contribution < -0.4 is 0 Å². The number of nitrogens with zero attached hydrogens (tertiary/aromatic N) is 1. The Morgan fingerprint density at radius 1 is 1.54 bits per heavy atom. The molecule has 0 N–H and O–H groups in total. The van der Waals surface area contributed by atoms with Gasteiger partial charge in [0.15, 0.2) is 0 Å². The lowest BCUT2D eigenvalue weighted by molar-refractivity contribution is -0.122. The largest absolute Gasteiger partial charge is 0.300 e. The Hall–Kier alpha value is -0.920. The van der Waals surface area contributed by atoms with Crippen LogP contribution in [0.1, 0.15) is 27.2 Å².